The number of aromatic nitrogens is 3. The van der Waals surface area contributed by atoms with Crippen LogP contribution in [0, 0.1) is 0 Å². The molecule has 3 rings (SSSR count). The van der Waals surface area contributed by atoms with Crippen LogP contribution < -0.4 is 10.5 Å². The number of para-hydroxylation sites is 1. The number of hydrogen-bond acceptors (Lipinski definition) is 5. The Morgan fingerprint density at radius 3 is 2.90 bits per heavy atom. The Hall–Kier alpha value is -2.05. The third-order valence-electron chi connectivity index (χ3n) is 3.12. The summed E-state index contributed by atoms with van der Waals surface area (Å²) in [5.41, 5.74) is 9.63. The minimum Gasteiger partial charge on any atom is -0.398 e. The maximum absolute atomic E-state index is 6.13. The van der Waals surface area contributed by atoms with Crippen LogP contribution in [0.25, 0.3) is 16.7 Å². The highest BCUT2D eigenvalue weighted by atomic mass is 32.2. The topological polar surface area (TPSA) is 68.8 Å². The molecule has 0 radical (unpaired) electrons. The number of nitrogens with two attached hydrogens (primary N) is 1. The number of rotatable bonds is 5. The Morgan fingerprint density at radius 1 is 1.24 bits per heavy atom. The van der Waals surface area contributed by atoms with Gasteiger partial charge in [-0.15, -0.1) is 5.10 Å². The summed E-state index contributed by atoms with van der Waals surface area (Å²) in [5, 5.41) is 8.36. The predicted octanol–water partition coefficient (Wildman–Crippen LogP) is 3.01. The molecule has 3 N–H and O–H groups in total. The molecule has 1 aromatic heterocycles. The van der Waals surface area contributed by atoms with Crippen LogP contribution in [0.4, 0.5) is 5.69 Å². The van der Waals surface area contributed by atoms with Gasteiger partial charge >= 0.3 is 0 Å². The summed E-state index contributed by atoms with van der Waals surface area (Å²) in [6.45, 7) is 3.09. The van der Waals surface area contributed by atoms with Gasteiger partial charge in [0.2, 0.25) is 0 Å². The van der Waals surface area contributed by atoms with E-state index in [0.717, 1.165) is 40.3 Å². The van der Waals surface area contributed by atoms with Gasteiger partial charge in [0.05, 0.1) is 11.2 Å². The van der Waals surface area contributed by atoms with E-state index in [1.54, 1.807) is 16.6 Å². The molecule has 0 aliphatic heterocycles. The first kappa shape index (κ1) is 13.9. The third kappa shape index (κ3) is 2.86. The molecular weight excluding hydrogens is 282 g/mol. The van der Waals surface area contributed by atoms with Crippen LogP contribution in [-0.4, -0.2) is 21.5 Å². The van der Waals surface area contributed by atoms with Gasteiger partial charge in [-0.2, -0.15) is 0 Å². The standard InChI is InChI=1S/C15H17N5S/c1-2-9-17-21-15-8-7-11(10-12(15)16)20-14-6-4-3-5-13(14)18-19-20/h3-8,10,17H,2,9,16H2,1H3. The second kappa shape index (κ2) is 6.15. The van der Waals surface area contributed by atoms with Crippen molar-refractivity contribution in [2.45, 2.75) is 18.2 Å². The van der Waals surface area contributed by atoms with E-state index < -0.39 is 0 Å². The van der Waals surface area contributed by atoms with Crippen LogP contribution in [0.5, 0.6) is 0 Å². The minimum absolute atomic E-state index is 0.737. The van der Waals surface area contributed by atoms with E-state index >= 15 is 0 Å². The van der Waals surface area contributed by atoms with E-state index in [0.29, 0.717) is 0 Å². The first-order valence-electron chi connectivity index (χ1n) is 6.89. The molecule has 6 heteroatoms. The lowest BCUT2D eigenvalue weighted by atomic mass is 10.2. The van der Waals surface area contributed by atoms with Crippen molar-refractivity contribution < 1.29 is 0 Å². The van der Waals surface area contributed by atoms with Crippen LogP contribution in [0.3, 0.4) is 0 Å². The summed E-state index contributed by atoms with van der Waals surface area (Å²) in [6, 6.07) is 13.8. The fraction of sp³-hybridized carbons (Fsp3) is 0.200. The normalized spacial score (nSPS) is 11.1. The fourth-order valence-corrected chi connectivity index (χ4v) is 2.83. The van der Waals surface area contributed by atoms with E-state index in [1.165, 1.54) is 0 Å². The summed E-state index contributed by atoms with van der Waals surface area (Å²) in [7, 11) is 0. The van der Waals surface area contributed by atoms with Crippen molar-refractivity contribution in [1.29, 1.82) is 0 Å². The first-order chi connectivity index (χ1) is 10.3. The number of nitrogens with zero attached hydrogens (tertiary/aromatic N) is 3. The predicted molar refractivity (Wildman–Crippen MR) is 87.4 cm³/mol. The average Bonchev–Trinajstić information content (AvgIpc) is 2.93. The average molecular weight is 299 g/mol. The van der Waals surface area contributed by atoms with Crippen molar-refractivity contribution >= 4 is 28.7 Å². The largest absolute Gasteiger partial charge is 0.398 e. The zero-order valence-electron chi connectivity index (χ0n) is 11.8. The summed E-state index contributed by atoms with van der Waals surface area (Å²) in [4.78, 5) is 1.02. The molecule has 21 heavy (non-hydrogen) atoms. The van der Waals surface area contributed by atoms with Gasteiger partial charge in [0.1, 0.15) is 5.52 Å². The number of nitrogens with one attached hydrogen (secondary N) is 1. The Labute approximate surface area is 127 Å². The van der Waals surface area contributed by atoms with E-state index in [-0.39, 0.29) is 0 Å². The van der Waals surface area contributed by atoms with Crippen molar-refractivity contribution in [2.75, 3.05) is 12.3 Å². The number of fused-ring (bicyclic) bond motifs is 1. The quantitative estimate of drug-likeness (QED) is 0.430. The maximum Gasteiger partial charge on any atom is 0.113 e. The number of nitrogen functional groups attached to an aromatic ring is 1. The zero-order chi connectivity index (χ0) is 14.7. The lowest BCUT2D eigenvalue weighted by molar-refractivity contribution is 0.823. The SMILES string of the molecule is CCCNSc1ccc(-n2nnc3ccccc32)cc1N. The summed E-state index contributed by atoms with van der Waals surface area (Å²) in [6.07, 6.45) is 1.09. The van der Waals surface area contributed by atoms with Gasteiger partial charge in [-0.1, -0.05) is 24.3 Å². The highest BCUT2D eigenvalue weighted by Gasteiger charge is 2.08. The van der Waals surface area contributed by atoms with Crippen molar-refractivity contribution in [3.63, 3.8) is 0 Å². The molecule has 0 amide bonds. The molecule has 1 heterocycles. The van der Waals surface area contributed by atoms with Gasteiger partial charge in [-0.3, -0.25) is 4.72 Å². The number of benzene rings is 2. The molecule has 0 aliphatic carbocycles. The van der Waals surface area contributed by atoms with Gasteiger partial charge in [-0.25, -0.2) is 4.68 Å². The molecule has 5 nitrogen and oxygen atoms in total. The van der Waals surface area contributed by atoms with Crippen molar-refractivity contribution in [1.82, 2.24) is 19.7 Å². The lowest BCUT2D eigenvalue weighted by Crippen LogP contribution is -2.05. The van der Waals surface area contributed by atoms with Gasteiger partial charge < -0.3 is 5.73 Å². The third-order valence-corrected chi connectivity index (χ3v) is 4.06. The molecule has 0 aliphatic rings. The second-order valence-corrected chi connectivity index (χ2v) is 5.64. The molecule has 0 fully saturated rings. The minimum atomic E-state index is 0.737. The maximum atomic E-state index is 6.13. The van der Waals surface area contributed by atoms with Gasteiger partial charge in [-0.05, 0) is 48.7 Å². The Balaban J connectivity index is 1.91. The second-order valence-electron chi connectivity index (χ2n) is 4.71. The molecular formula is C15H17N5S. The molecule has 2 aromatic carbocycles. The van der Waals surface area contributed by atoms with Crippen LogP contribution in [0.2, 0.25) is 0 Å². The van der Waals surface area contributed by atoms with Gasteiger partial charge in [0, 0.05) is 17.1 Å². The van der Waals surface area contributed by atoms with Gasteiger partial charge in [0.25, 0.3) is 0 Å². The zero-order valence-corrected chi connectivity index (χ0v) is 12.6. The fourth-order valence-electron chi connectivity index (χ4n) is 2.05. The molecule has 0 saturated carbocycles. The van der Waals surface area contributed by atoms with Crippen LogP contribution in [0.1, 0.15) is 13.3 Å². The van der Waals surface area contributed by atoms with Crippen molar-refractivity contribution in [3.8, 4) is 5.69 Å². The Morgan fingerprint density at radius 2 is 2.10 bits per heavy atom. The Bertz CT molecular complexity index is 753. The monoisotopic (exact) mass is 299 g/mol. The smallest absolute Gasteiger partial charge is 0.113 e. The number of hydrogen-bond donors (Lipinski definition) is 2. The van der Waals surface area contributed by atoms with Crippen molar-refractivity contribution in [3.05, 3.63) is 42.5 Å². The summed E-state index contributed by atoms with van der Waals surface area (Å²) in [5.74, 6) is 0. The molecule has 0 unspecified atom stereocenters. The lowest BCUT2D eigenvalue weighted by Gasteiger charge is -2.08. The van der Waals surface area contributed by atoms with E-state index in [2.05, 4.69) is 22.0 Å². The van der Waals surface area contributed by atoms with Crippen molar-refractivity contribution in [2.24, 2.45) is 0 Å². The summed E-state index contributed by atoms with van der Waals surface area (Å²) < 4.78 is 5.08. The number of anilines is 1. The highest BCUT2D eigenvalue weighted by Crippen LogP contribution is 2.26. The molecule has 3 aromatic rings. The molecule has 0 bridgehead atoms. The Kier molecular flexibility index (Phi) is 4.08. The van der Waals surface area contributed by atoms with E-state index in [4.69, 9.17) is 5.73 Å². The molecule has 0 spiro atoms. The summed E-state index contributed by atoms with van der Waals surface area (Å²) >= 11 is 1.56. The van der Waals surface area contributed by atoms with Crippen LogP contribution in [-0.2, 0) is 0 Å². The van der Waals surface area contributed by atoms with Gasteiger partial charge in [0.15, 0.2) is 0 Å². The van der Waals surface area contributed by atoms with Crippen LogP contribution in [0.15, 0.2) is 47.4 Å². The molecule has 0 atom stereocenters. The molecule has 0 saturated heterocycles. The molecule has 108 valence electrons. The first-order valence-corrected chi connectivity index (χ1v) is 7.71. The highest BCUT2D eigenvalue weighted by molar-refractivity contribution is 7.97. The van der Waals surface area contributed by atoms with E-state index in [9.17, 15) is 0 Å². The van der Waals surface area contributed by atoms with Crippen LogP contribution >= 0.6 is 11.9 Å². The van der Waals surface area contributed by atoms with E-state index in [1.807, 2.05) is 42.5 Å².